The first-order chi connectivity index (χ1) is 1.89. The summed E-state index contributed by atoms with van der Waals surface area (Å²) in [7, 11) is 0. The SMILES string of the molecule is O=C1CC1.[B]. The number of ketones is 1. The van der Waals surface area contributed by atoms with Crippen molar-refractivity contribution in [1.29, 1.82) is 0 Å². The lowest BCUT2D eigenvalue weighted by molar-refractivity contribution is -0.109. The maximum atomic E-state index is 9.56. The van der Waals surface area contributed by atoms with E-state index in [1.807, 2.05) is 0 Å². The Balaban J connectivity index is 0.000000160. The molecule has 0 bridgehead atoms. The van der Waals surface area contributed by atoms with Gasteiger partial charge in [-0.1, -0.05) is 0 Å². The second kappa shape index (κ2) is 1.25. The summed E-state index contributed by atoms with van der Waals surface area (Å²) in [5.74, 6) is 0.417. The number of rotatable bonds is 0. The lowest BCUT2D eigenvalue weighted by Crippen LogP contribution is -1.44. The molecule has 1 nitrogen and oxygen atoms in total. The molecule has 0 saturated heterocycles. The largest absolute Gasteiger partial charge is 0.300 e. The number of carbonyl (C=O) groups excluding carboxylic acids is 1. The number of Topliss-reactive ketones (excluding diaryl/α,β-unsaturated/α-hetero) is 1. The van der Waals surface area contributed by atoms with Gasteiger partial charge >= 0.3 is 0 Å². The van der Waals surface area contributed by atoms with E-state index in [9.17, 15) is 4.79 Å². The predicted octanol–water partition coefficient (Wildman–Crippen LogP) is -0.0315. The van der Waals surface area contributed by atoms with Crippen molar-refractivity contribution in [3.8, 4) is 0 Å². The smallest absolute Gasteiger partial charge is 0.133 e. The van der Waals surface area contributed by atoms with Gasteiger partial charge in [-0.25, -0.2) is 0 Å². The van der Waals surface area contributed by atoms with E-state index in [0.717, 1.165) is 12.8 Å². The molecule has 0 aromatic carbocycles. The highest BCUT2D eigenvalue weighted by Gasteiger charge is 2.13. The molecule has 1 saturated carbocycles. The summed E-state index contributed by atoms with van der Waals surface area (Å²) in [6.07, 6.45) is 1.69. The Hall–Kier alpha value is -0.265. The molecule has 1 rings (SSSR count). The number of hydrogen-bond donors (Lipinski definition) is 0. The summed E-state index contributed by atoms with van der Waals surface area (Å²) in [5, 5.41) is 0. The number of hydrogen-bond acceptors (Lipinski definition) is 1. The van der Waals surface area contributed by atoms with Crippen molar-refractivity contribution in [3.05, 3.63) is 0 Å². The second-order valence-electron chi connectivity index (χ2n) is 1.04. The molecular formula is C3H4BO. The molecular weight excluding hydrogens is 62.8 g/mol. The van der Waals surface area contributed by atoms with Crippen LogP contribution >= 0.6 is 0 Å². The molecule has 2 heteroatoms. The van der Waals surface area contributed by atoms with E-state index in [2.05, 4.69) is 0 Å². The maximum Gasteiger partial charge on any atom is 0.133 e. The molecule has 25 valence electrons. The van der Waals surface area contributed by atoms with Gasteiger partial charge < -0.3 is 0 Å². The molecule has 3 radical (unpaired) electrons. The van der Waals surface area contributed by atoms with Gasteiger partial charge in [0.25, 0.3) is 0 Å². The molecule has 0 aliphatic heterocycles. The number of carbonyl (C=O) groups is 1. The van der Waals surface area contributed by atoms with Gasteiger partial charge in [0.05, 0.1) is 0 Å². The first-order valence-corrected chi connectivity index (χ1v) is 1.41. The zero-order valence-corrected chi connectivity index (χ0v) is 2.90. The second-order valence-corrected chi connectivity index (χ2v) is 1.04. The quantitative estimate of drug-likeness (QED) is 0.363. The van der Waals surface area contributed by atoms with Gasteiger partial charge in [0, 0.05) is 21.3 Å². The minimum atomic E-state index is 0. The molecule has 0 amide bonds. The fourth-order valence-electron chi connectivity index (χ4n) is 0.0510. The molecule has 1 aliphatic rings. The van der Waals surface area contributed by atoms with Crippen LogP contribution in [0, 0.1) is 0 Å². The first kappa shape index (κ1) is 4.73. The van der Waals surface area contributed by atoms with Gasteiger partial charge in [-0.3, -0.25) is 4.79 Å². The highest BCUT2D eigenvalue weighted by Crippen LogP contribution is 2.08. The van der Waals surface area contributed by atoms with Crippen molar-refractivity contribution in [1.82, 2.24) is 0 Å². The van der Waals surface area contributed by atoms with E-state index in [0.29, 0.717) is 5.78 Å². The van der Waals surface area contributed by atoms with Crippen molar-refractivity contribution < 1.29 is 4.79 Å². The third-order valence-corrected chi connectivity index (χ3v) is 0.454. The van der Waals surface area contributed by atoms with Crippen molar-refractivity contribution in [3.63, 3.8) is 0 Å². The Morgan fingerprint density at radius 1 is 1.40 bits per heavy atom. The van der Waals surface area contributed by atoms with Crippen LogP contribution in [0.2, 0.25) is 0 Å². The lowest BCUT2D eigenvalue weighted by atomic mass is 10.8. The molecule has 0 spiro atoms. The van der Waals surface area contributed by atoms with Gasteiger partial charge in [-0.2, -0.15) is 0 Å². The highest BCUT2D eigenvalue weighted by atomic mass is 16.1. The minimum Gasteiger partial charge on any atom is -0.300 e. The van der Waals surface area contributed by atoms with Crippen molar-refractivity contribution >= 4 is 14.2 Å². The molecule has 0 aromatic rings. The van der Waals surface area contributed by atoms with E-state index < -0.39 is 0 Å². The van der Waals surface area contributed by atoms with Crippen LogP contribution in [0.4, 0.5) is 0 Å². The molecule has 0 unspecified atom stereocenters. The molecule has 0 heterocycles. The van der Waals surface area contributed by atoms with Crippen molar-refractivity contribution in [2.75, 3.05) is 0 Å². The summed E-state index contributed by atoms with van der Waals surface area (Å²) in [6, 6.07) is 0. The Morgan fingerprint density at radius 2 is 1.60 bits per heavy atom. The zero-order valence-electron chi connectivity index (χ0n) is 2.90. The average Bonchev–Trinajstić information content (AvgIpc) is 1.75. The normalized spacial score (nSPS) is 17.2. The fraction of sp³-hybridized carbons (Fsp3) is 0.667. The molecule has 0 aromatic heterocycles. The predicted molar refractivity (Wildman–Crippen MR) is 20.0 cm³/mol. The van der Waals surface area contributed by atoms with Gasteiger partial charge in [0.2, 0.25) is 0 Å². The van der Waals surface area contributed by atoms with Crippen molar-refractivity contribution in [2.45, 2.75) is 12.8 Å². The first-order valence-electron chi connectivity index (χ1n) is 1.41. The summed E-state index contributed by atoms with van der Waals surface area (Å²) < 4.78 is 0. The van der Waals surface area contributed by atoms with Crippen LogP contribution in [0.15, 0.2) is 0 Å². The standard InChI is InChI=1S/C3H4O.B/c4-3-1-2-3;/h1-2H2;. The average molecular weight is 66.9 g/mol. The Labute approximate surface area is 32.9 Å². The van der Waals surface area contributed by atoms with Gasteiger partial charge in [-0.15, -0.1) is 0 Å². The maximum absolute atomic E-state index is 9.56. The van der Waals surface area contributed by atoms with Gasteiger partial charge in [0.1, 0.15) is 5.78 Å². The third-order valence-electron chi connectivity index (χ3n) is 0.454. The Kier molecular flexibility index (Phi) is 1.18. The topological polar surface area (TPSA) is 17.1 Å². The monoisotopic (exact) mass is 67.0 g/mol. The summed E-state index contributed by atoms with van der Waals surface area (Å²) in [4.78, 5) is 9.56. The third kappa shape index (κ3) is 1.50. The van der Waals surface area contributed by atoms with E-state index in [-0.39, 0.29) is 8.41 Å². The minimum absolute atomic E-state index is 0. The van der Waals surface area contributed by atoms with Crippen LogP contribution in [0.5, 0.6) is 0 Å². The van der Waals surface area contributed by atoms with Crippen molar-refractivity contribution in [2.24, 2.45) is 0 Å². The van der Waals surface area contributed by atoms with Gasteiger partial charge in [0.15, 0.2) is 0 Å². The van der Waals surface area contributed by atoms with Crippen LogP contribution in [0.1, 0.15) is 12.8 Å². The van der Waals surface area contributed by atoms with E-state index in [1.165, 1.54) is 0 Å². The highest BCUT2D eigenvalue weighted by molar-refractivity contribution is 5.92. The van der Waals surface area contributed by atoms with Crippen LogP contribution in [-0.2, 0) is 4.79 Å². The summed E-state index contributed by atoms with van der Waals surface area (Å²) in [6.45, 7) is 0. The molecule has 1 fully saturated rings. The van der Waals surface area contributed by atoms with Gasteiger partial charge in [-0.05, 0) is 0 Å². The Morgan fingerprint density at radius 3 is 1.60 bits per heavy atom. The van der Waals surface area contributed by atoms with E-state index in [1.54, 1.807) is 0 Å². The van der Waals surface area contributed by atoms with Crippen LogP contribution < -0.4 is 0 Å². The summed E-state index contributed by atoms with van der Waals surface area (Å²) >= 11 is 0. The fourth-order valence-corrected chi connectivity index (χ4v) is 0.0510. The Bertz CT molecular complexity index is 44.9. The molecule has 0 N–H and O–H groups in total. The van der Waals surface area contributed by atoms with Crippen LogP contribution in [-0.4, -0.2) is 14.2 Å². The van der Waals surface area contributed by atoms with Crippen LogP contribution in [0.3, 0.4) is 0 Å². The molecule has 5 heavy (non-hydrogen) atoms. The molecule has 1 aliphatic carbocycles. The van der Waals surface area contributed by atoms with Crippen LogP contribution in [0.25, 0.3) is 0 Å². The van der Waals surface area contributed by atoms with E-state index in [4.69, 9.17) is 0 Å². The zero-order chi connectivity index (χ0) is 2.99. The summed E-state index contributed by atoms with van der Waals surface area (Å²) in [5.41, 5.74) is 0. The lowest BCUT2D eigenvalue weighted by Gasteiger charge is -1.26. The van der Waals surface area contributed by atoms with E-state index >= 15 is 0 Å². The molecule has 0 atom stereocenters.